The van der Waals surface area contributed by atoms with Gasteiger partial charge in [-0.25, -0.2) is 4.98 Å². The summed E-state index contributed by atoms with van der Waals surface area (Å²) in [7, 11) is 0. The van der Waals surface area contributed by atoms with Gasteiger partial charge in [0.2, 0.25) is 5.91 Å². The Bertz CT molecular complexity index is 1130. The molecule has 152 valence electrons. The highest BCUT2D eigenvalue weighted by Crippen LogP contribution is 2.27. The Hall–Kier alpha value is -2.60. The molecule has 1 unspecified atom stereocenters. The Morgan fingerprint density at radius 2 is 1.83 bits per heavy atom. The van der Waals surface area contributed by atoms with Gasteiger partial charge in [-0.05, 0) is 65.3 Å². The summed E-state index contributed by atoms with van der Waals surface area (Å²) in [6, 6.07) is 13.3. The van der Waals surface area contributed by atoms with Crippen LogP contribution >= 0.6 is 11.8 Å². The predicted molar refractivity (Wildman–Crippen MR) is 120 cm³/mol. The number of benzene rings is 2. The molecule has 6 heteroatoms. The van der Waals surface area contributed by atoms with Crippen molar-refractivity contribution >= 4 is 28.6 Å². The van der Waals surface area contributed by atoms with E-state index < -0.39 is 5.25 Å². The molecular weight excluding hydrogens is 382 g/mol. The molecule has 5 nitrogen and oxygen atoms in total. The topological polar surface area (TPSA) is 64.0 Å². The average Bonchev–Trinajstić information content (AvgIpc) is 2.62. The summed E-state index contributed by atoms with van der Waals surface area (Å²) in [6.07, 6.45) is 0. The van der Waals surface area contributed by atoms with Crippen LogP contribution in [0.3, 0.4) is 0 Å². The summed E-state index contributed by atoms with van der Waals surface area (Å²) in [5.41, 5.74) is 3.07. The smallest absolute Gasteiger partial charge is 0.266 e. The lowest BCUT2D eigenvalue weighted by molar-refractivity contribution is -0.121. The van der Waals surface area contributed by atoms with Gasteiger partial charge in [0, 0.05) is 5.54 Å². The van der Waals surface area contributed by atoms with Crippen molar-refractivity contribution in [2.45, 2.75) is 57.5 Å². The van der Waals surface area contributed by atoms with E-state index in [-0.39, 0.29) is 17.0 Å². The van der Waals surface area contributed by atoms with Crippen LogP contribution < -0.4 is 10.9 Å². The molecule has 0 spiro atoms. The zero-order valence-corrected chi connectivity index (χ0v) is 18.6. The summed E-state index contributed by atoms with van der Waals surface area (Å²) in [5, 5.41) is 3.66. The molecule has 0 saturated carbocycles. The van der Waals surface area contributed by atoms with Crippen molar-refractivity contribution in [3.8, 4) is 5.69 Å². The van der Waals surface area contributed by atoms with Crippen LogP contribution in [0.2, 0.25) is 0 Å². The quantitative estimate of drug-likeness (QED) is 0.512. The fourth-order valence-electron chi connectivity index (χ4n) is 3.14. The molecule has 0 aliphatic carbocycles. The highest BCUT2D eigenvalue weighted by atomic mass is 32.2. The van der Waals surface area contributed by atoms with Gasteiger partial charge in [-0.2, -0.15) is 0 Å². The largest absolute Gasteiger partial charge is 0.351 e. The molecule has 0 bridgehead atoms. The van der Waals surface area contributed by atoms with E-state index in [1.165, 1.54) is 11.8 Å². The van der Waals surface area contributed by atoms with Gasteiger partial charge in [0.25, 0.3) is 5.56 Å². The third kappa shape index (κ3) is 4.70. The molecule has 1 N–H and O–H groups in total. The van der Waals surface area contributed by atoms with E-state index in [1.807, 2.05) is 77.9 Å². The molecule has 3 rings (SSSR count). The normalized spacial score (nSPS) is 12.8. The molecule has 0 aliphatic rings. The Balaban J connectivity index is 2.15. The number of rotatable bonds is 4. The van der Waals surface area contributed by atoms with Crippen LogP contribution in [0, 0.1) is 13.8 Å². The van der Waals surface area contributed by atoms with E-state index >= 15 is 0 Å². The van der Waals surface area contributed by atoms with E-state index in [9.17, 15) is 9.59 Å². The number of aryl methyl sites for hydroxylation is 2. The van der Waals surface area contributed by atoms with Crippen LogP contribution in [0.5, 0.6) is 0 Å². The number of fused-ring (bicyclic) bond motifs is 1. The van der Waals surface area contributed by atoms with Crippen molar-refractivity contribution < 1.29 is 4.79 Å². The number of amides is 1. The number of nitrogens with one attached hydrogen (secondary N) is 1. The first-order valence-electron chi connectivity index (χ1n) is 9.65. The lowest BCUT2D eigenvalue weighted by Crippen LogP contribution is -2.44. The monoisotopic (exact) mass is 409 g/mol. The number of hydrogen-bond donors (Lipinski definition) is 1. The van der Waals surface area contributed by atoms with Gasteiger partial charge < -0.3 is 5.32 Å². The maximum atomic E-state index is 13.4. The molecule has 3 aromatic rings. The molecule has 1 aromatic heterocycles. The average molecular weight is 410 g/mol. The third-order valence-corrected chi connectivity index (χ3v) is 5.54. The van der Waals surface area contributed by atoms with Crippen molar-refractivity contribution in [1.82, 2.24) is 14.9 Å². The SMILES string of the molecule is Cc1ccc(-n2c(SC(C)C(=O)NC(C)(C)C)nc3ccccc3c2=O)c(C)c1. The van der Waals surface area contributed by atoms with Gasteiger partial charge in [0.15, 0.2) is 5.16 Å². The van der Waals surface area contributed by atoms with Crippen LogP contribution in [0.1, 0.15) is 38.8 Å². The zero-order valence-electron chi connectivity index (χ0n) is 17.7. The Morgan fingerprint density at radius 3 is 2.48 bits per heavy atom. The minimum atomic E-state index is -0.403. The molecule has 1 heterocycles. The number of thioether (sulfide) groups is 1. The van der Waals surface area contributed by atoms with Crippen LogP contribution in [-0.2, 0) is 4.79 Å². The molecule has 0 saturated heterocycles. The minimum absolute atomic E-state index is 0.0860. The summed E-state index contributed by atoms with van der Waals surface area (Å²) in [6.45, 7) is 11.7. The number of hydrogen-bond acceptors (Lipinski definition) is 4. The lowest BCUT2D eigenvalue weighted by atomic mass is 10.1. The fourth-order valence-corrected chi connectivity index (χ4v) is 4.06. The van der Waals surface area contributed by atoms with Crippen molar-refractivity contribution in [3.63, 3.8) is 0 Å². The van der Waals surface area contributed by atoms with E-state index in [0.717, 1.165) is 16.8 Å². The van der Waals surface area contributed by atoms with E-state index in [2.05, 4.69) is 5.32 Å². The number of para-hydroxylation sites is 1. The first-order valence-corrected chi connectivity index (χ1v) is 10.5. The number of nitrogens with zero attached hydrogens (tertiary/aromatic N) is 2. The molecule has 2 aromatic carbocycles. The second kappa shape index (κ2) is 8.03. The van der Waals surface area contributed by atoms with Crippen LogP contribution in [0.4, 0.5) is 0 Å². The van der Waals surface area contributed by atoms with Crippen LogP contribution in [0.25, 0.3) is 16.6 Å². The third-order valence-electron chi connectivity index (χ3n) is 4.49. The van der Waals surface area contributed by atoms with Crippen molar-refractivity contribution in [2.24, 2.45) is 0 Å². The predicted octanol–water partition coefficient (Wildman–Crippen LogP) is 4.40. The second-order valence-electron chi connectivity index (χ2n) is 8.34. The van der Waals surface area contributed by atoms with E-state index in [4.69, 9.17) is 4.98 Å². The highest BCUT2D eigenvalue weighted by Gasteiger charge is 2.23. The van der Waals surface area contributed by atoms with Gasteiger partial charge in [0.05, 0.1) is 21.8 Å². The Kier molecular flexibility index (Phi) is 5.85. The number of carbonyl (C=O) groups excluding carboxylic acids is 1. The molecular formula is C23H27N3O2S. The molecule has 0 fully saturated rings. The molecule has 1 amide bonds. The van der Waals surface area contributed by atoms with Crippen molar-refractivity contribution in [2.75, 3.05) is 0 Å². The van der Waals surface area contributed by atoms with Crippen LogP contribution in [-0.4, -0.2) is 26.2 Å². The highest BCUT2D eigenvalue weighted by molar-refractivity contribution is 8.00. The van der Waals surface area contributed by atoms with Gasteiger partial charge in [-0.15, -0.1) is 0 Å². The van der Waals surface area contributed by atoms with E-state index in [0.29, 0.717) is 16.1 Å². The van der Waals surface area contributed by atoms with Gasteiger partial charge in [-0.1, -0.05) is 41.6 Å². The standard InChI is InChI=1S/C23H27N3O2S/c1-14-11-12-19(15(2)13-14)26-21(28)17-9-7-8-10-18(17)24-22(26)29-16(3)20(27)25-23(4,5)6/h7-13,16H,1-6H3,(H,25,27). The molecule has 0 aliphatic heterocycles. The first-order chi connectivity index (χ1) is 13.6. The number of carbonyl (C=O) groups is 1. The lowest BCUT2D eigenvalue weighted by Gasteiger charge is -2.23. The molecule has 1 atom stereocenters. The van der Waals surface area contributed by atoms with E-state index in [1.54, 1.807) is 10.6 Å². The Labute approximate surface area is 175 Å². The van der Waals surface area contributed by atoms with Gasteiger partial charge in [0.1, 0.15) is 0 Å². The zero-order chi connectivity index (χ0) is 21.3. The van der Waals surface area contributed by atoms with Crippen molar-refractivity contribution in [3.05, 3.63) is 63.9 Å². The molecule has 29 heavy (non-hydrogen) atoms. The summed E-state index contributed by atoms with van der Waals surface area (Å²) >= 11 is 1.30. The minimum Gasteiger partial charge on any atom is -0.351 e. The summed E-state index contributed by atoms with van der Waals surface area (Å²) < 4.78 is 1.63. The Morgan fingerprint density at radius 1 is 1.14 bits per heavy atom. The van der Waals surface area contributed by atoms with Gasteiger partial charge >= 0.3 is 0 Å². The van der Waals surface area contributed by atoms with Crippen LogP contribution in [0.15, 0.2) is 52.4 Å². The van der Waals surface area contributed by atoms with Crippen molar-refractivity contribution in [1.29, 1.82) is 0 Å². The first kappa shape index (κ1) is 21.1. The summed E-state index contributed by atoms with van der Waals surface area (Å²) in [5.74, 6) is -0.0860. The number of aromatic nitrogens is 2. The second-order valence-corrected chi connectivity index (χ2v) is 9.65. The molecule has 0 radical (unpaired) electrons. The fraction of sp³-hybridized carbons (Fsp3) is 0.348. The summed E-state index contributed by atoms with van der Waals surface area (Å²) in [4.78, 5) is 30.7. The van der Waals surface area contributed by atoms with Gasteiger partial charge in [-0.3, -0.25) is 14.2 Å². The maximum absolute atomic E-state index is 13.4. The maximum Gasteiger partial charge on any atom is 0.266 e.